The Morgan fingerprint density at radius 2 is 2.00 bits per heavy atom. The molecule has 0 aliphatic heterocycles. The Labute approximate surface area is 144 Å². The molecular formula is C19H30N2O3. The predicted octanol–water partition coefficient (Wildman–Crippen LogP) is 3.94. The van der Waals surface area contributed by atoms with Crippen molar-refractivity contribution >= 4 is 17.3 Å². The highest BCUT2D eigenvalue weighted by atomic mass is 16.5. The highest BCUT2D eigenvalue weighted by Crippen LogP contribution is 2.37. The molecule has 0 saturated heterocycles. The third-order valence-electron chi connectivity index (χ3n) is 5.14. The monoisotopic (exact) mass is 334 g/mol. The summed E-state index contributed by atoms with van der Waals surface area (Å²) in [6.45, 7) is 6.86. The number of anilines is 2. The summed E-state index contributed by atoms with van der Waals surface area (Å²) in [6.07, 6.45) is 3.64. The van der Waals surface area contributed by atoms with Gasteiger partial charge in [0.2, 0.25) is 0 Å². The van der Waals surface area contributed by atoms with E-state index in [1.165, 1.54) is 20.0 Å². The lowest BCUT2D eigenvalue weighted by Crippen LogP contribution is -2.38. The van der Waals surface area contributed by atoms with E-state index in [9.17, 15) is 4.79 Å². The van der Waals surface area contributed by atoms with E-state index in [4.69, 9.17) is 15.2 Å². The summed E-state index contributed by atoms with van der Waals surface area (Å²) in [7, 11) is 2.89. The number of nitrogens with two attached hydrogens (primary N) is 1. The van der Waals surface area contributed by atoms with Crippen LogP contribution in [0.25, 0.3) is 0 Å². The lowest BCUT2D eigenvalue weighted by atomic mass is 9.74. The zero-order valence-electron chi connectivity index (χ0n) is 15.4. The summed E-state index contributed by atoms with van der Waals surface area (Å²) in [5.74, 6) is 1.97. The van der Waals surface area contributed by atoms with Crippen molar-refractivity contribution in [2.24, 2.45) is 17.8 Å². The molecule has 1 aromatic rings. The molecule has 3 atom stereocenters. The van der Waals surface area contributed by atoms with Crippen molar-refractivity contribution < 1.29 is 14.3 Å². The number of hydrogen-bond acceptors (Lipinski definition) is 5. The first-order valence-electron chi connectivity index (χ1n) is 8.69. The minimum atomic E-state index is -0.448. The quantitative estimate of drug-likeness (QED) is 0.630. The first kappa shape index (κ1) is 18.4. The molecule has 5 nitrogen and oxygen atoms in total. The summed E-state index contributed by atoms with van der Waals surface area (Å²) in [6, 6.07) is 3.81. The molecule has 0 amide bonds. The zero-order chi connectivity index (χ0) is 17.9. The van der Waals surface area contributed by atoms with Crippen LogP contribution < -0.4 is 15.8 Å². The van der Waals surface area contributed by atoms with Crippen LogP contribution in [0, 0.1) is 17.8 Å². The van der Waals surface area contributed by atoms with E-state index in [-0.39, 0.29) is 0 Å². The first-order valence-corrected chi connectivity index (χ1v) is 8.69. The number of hydrogen-bond donors (Lipinski definition) is 2. The van der Waals surface area contributed by atoms with Gasteiger partial charge in [0, 0.05) is 12.1 Å². The highest BCUT2D eigenvalue weighted by Gasteiger charge is 2.31. The molecule has 1 aliphatic rings. The molecule has 0 bridgehead atoms. The number of methoxy groups -OCH3 is 2. The van der Waals surface area contributed by atoms with Gasteiger partial charge in [0.15, 0.2) is 0 Å². The lowest BCUT2D eigenvalue weighted by Gasteiger charge is -2.38. The fourth-order valence-electron chi connectivity index (χ4n) is 3.73. The summed E-state index contributed by atoms with van der Waals surface area (Å²) in [5, 5.41) is 3.61. The number of rotatable bonds is 5. The van der Waals surface area contributed by atoms with Gasteiger partial charge in [0.05, 0.1) is 25.6 Å². The summed E-state index contributed by atoms with van der Waals surface area (Å²) in [4.78, 5) is 11.9. The van der Waals surface area contributed by atoms with Gasteiger partial charge in [-0.3, -0.25) is 0 Å². The van der Waals surface area contributed by atoms with E-state index in [2.05, 4.69) is 26.1 Å². The van der Waals surface area contributed by atoms with E-state index >= 15 is 0 Å². The van der Waals surface area contributed by atoms with Crippen molar-refractivity contribution in [2.45, 2.75) is 46.1 Å². The van der Waals surface area contributed by atoms with Gasteiger partial charge in [-0.2, -0.15) is 0 Å². The SMILES string of the molecule is COC(=O)c1cc(N)c(N[C@@H]2C[C@H](C)CC[C@H]2C(C)C)cc1OC. The van der Waals surface area contributed by atoms with Gasteiger partial charge in [0.1, 0.15) is 11.3 Å². The molecule has 0 spiro atoms. The highest BCUT2D eigenvalue weighted by molar-refractivity contribution is 5.95. The zero-order valence-corrected chi connectivity index (χ0v) is 15.4. The summed E-state index contributed by atoms with van der Waals surface area (Å²) in [5.41, 5.74) is 7.89. The number of esters is 1. The normalized spacial score (nSPS) is 23.8. The maximum Gasteiger partial charge on any atom is 0.341 e. The molecule has 0 aromatic heterocycles. The fourth-order valence-corrected chi connectivity index (χ4v) is 3.73. The van der Waals surface area contributed by atoms with Gasteiger partial charge in [-0.15, -0.1) is 0 Å². The van der Waals surface area contributed by atoms with Crippen molar-refractivity contribution in [1.82, 2.24) is 0 Å². The molecule has 2 rings (SSSR count). The topological polar surface area (TPSA) is 73.6 Å². The summed E-state index contributed by atoms with van der Waals surface area (Å²) < 4.78 is 10.1. The second-order valence-corrected chi connectivity index (χ2v) is 7.21. The first-order chi connectivity index (χ1) is 11.4. The standard InChI is InChI=1S/C19H30N2O3/c1-11(2)13-7-6-12(3)8-16(13)21-17-10-18(23-4)14(9-15(17)20)19(22)24-5/h9-13,16,21H,6-8,20H2,1-5H3/t12-,13+,16-/m1/s1. The van der Waals surface area contributed by atoms with Crippen molar-refractivity contribution in [2.75, 3.05) is 25.3 Å². The third-order valence-corrected chi connectivity index (χ3v) is 5.14. The molecule has 0 heterocycles. The smallest absolute Gasteiger partial charge is 0.341 e. The molecule has 1 aliphatic carbocycles. The number of carbonyl (C=O) groups excluding carboxylic acids is 1. The number of benzene rings is 1. The third kappa shape index (κ3) is 3.94. The van der Waals surface area contributed by atoms with Crippen LogP contribution in [0.15, 0.2) is 12.1 Å². The molecular weight excluding hydrogens is 304 g/mol. The maximum absolute atomic E-state index is 11.9. The Hall–Kier alpha value is -1.91. The second-order valence-electron chi connectivity index (χ2n) is 7.21. The molecule has 134 valence electrons. The van der Waals surface area contributed by atoms with Crippen molar-refractivity contribution in [3.05, 3.63) is 17.7 Å². The van der Waals surface area contributed by atoms with Gasteiger partial charge >= 0.3 is 5.97 Å². The van der Waals surface area contributed by atoms with E-state index in [0.29, 0.717) is 40.8 Å². The largest absolute Gasteiger partial charge is 0.496 e. The Bertz CT molecular complexity index is 586. The molecule has 5 heteroatoms. The van der Waals surface area contributed by atoms with Crippen LogP contribution in [0.2, 0.25) is 0 Å². The molecule has 1 fully saturated rings. The van der Waals surface area contributed by atoms with Gasteiger partial charge in [-0.25, -0.2) is 4.79 Å². The maximum atomic E-state index is 11.9. The van der Waals surface area contributed by atoms with Crippen LogP contribution in [0.5, 0.6) is 5.75 Å². The second kappa shape index (κ2) is 7.77. The summed E-state index contributed by atoms with van der Waals surface area (Å²) >= 11 is 0. The average Bonchev–Trinajstić information content (AvgIpc) is 2.55. The van der Waals surface area contributed by atoms with Gasteiger partial charge in [0.25, 0.3) is 0 Å². The van der Waals surface area contributed by atoms with Gasteiger partial charge in [-0.1, -0.05) is 27.2 Å². The van der Waals surface area contributed by atoms with Gasteiger partial charge < -0.3 is 20.5 Å². The average molecular weight is 334 g/mol. The van der Waals surface area contributed by atoms with Crippen molar-refractivity contribution in [3.8, 4) is 5.75 Å². The Morgan fingerprint density at radius 3 is 2.58 bits per heavy atom. The molecule has 1 aromatic carbocycles. The van der Waals surface area contributed by atoms with Crippen LogP contribution in [0.3, 0.4) is 0 Å². The van der Waals surface area contributed by atoms with E-state index in [1.54, 1.807) is 19.2 Å². The lowest BCUT2D eigenvalue weighted by molar-refractivity contribution is 0.0597. The van der Waals surface area contributed by atoms with E-state index in [0.717, 1.165) is 12.1 Å². The fraction of sp³-hybridized carbons (Fsp3) is 0.632. The van der Waals surface area contributed by atoms with Gasteiger partial charge in [-0.05, 0) is 36.7 Å². The number of ether oxygens (including phenoxy) is 2. The minimum absolute atomic E-state index is 0.348. The Balaban J connectivity index is 2.29. The molecule has 0 unspecified atom stereocenters. The van der Waals surface area contributed by atoms with Crippen molar-refractivity contribution in [3.63, 3.8) is 0 Å². The van der Waals surface area contributed by atoms with E-state index < -0.39 is 5.97 Å². The van der Waals surface area contributed by atoms with Crippen LogP contribution in [0.1, 0.15) is 50.4 Å². The number of nitrogens with one attached hydrogen (secondary N) is 1. The van der Waals surface area contributed by atoms with Crippen LogP contribution in [0.4, 0.5) is 11.4 Å². The predicted molar refractivity (Wildman–Crippen MR) is 97.5 cm³/mol. The van der Waals surface area contributed by atoms with Crippen LogP contribution in [-0.4, -0.2) is 26.2 Å². The number of carbonyl (C=O) groups is 1. The Morgan fingerprint density at radius 1 is 1.29 bits per heavy atom. The molecule has 24 heavy (non-hydrogen) atoms. The van der Waals surface area contributed by atoms with Crippen LogP contribution in [-0.2, 0) is 4.74 Å². The molecule has 0 radical (unpaired) electrons. The minimum Gasteiger partial charge on any atom is -0.496 e. The van der Waals surface area contributed by atoms with Crippen LogP contribution >= 0.6 is 0 Å². The van der Waals surface area contributed by atoms with E-state index in [1.807, 2.05) is 0 Å². The molecule has 3 N–H and O–H groups in total. The number of nitrogen functional groups attached to an aromatic ring is 1. The molecule has 1 saturated carbocycles. The van der Waals surface area contributed by atoms with Crippen molar-refractivity contribution in [1.29, 1.82) is 0 Å². The Kier molecular flexibility index (Phi) is 5.97.